The molecule has 0 saturated carbocycles. The van der Waals surface area contributed by atoms with Crippen LogP contribution in [0.3, 0.4) is 0 Å². The van der Waals surface area contributed by atoms with Crippen LogP contribution in [0.5, 0.6) is 0 Å². The van der Waals surface area contributed by atoms with Crippen molar-refractivity contribution >= 4 is 17.7 Å². The van der Waals surface area contributed by atoms with Gasteiger partial charge in [-0.15, -0.1) is 0 Å². The van der Waals surface area contributed by atoms with Gasteiger partial charge in [0.2, 0.25) is 0 Å². The van der Waals surface area contributed by atoms with E-state index in [1.165, 1.54) is 0 Å². The van der Waals surface area contributed by atoms with Crippen LogP contribution in [0.15, 0.2) is 48.5 Å². The molecule has 2 aliphatic heterocycles. The molecule has 0 bridgehead atoms. The lowest BCUT2D eigenvalue weighted by molar-refractivity contribution is -0.277. The first-order valence-electron chi connectivity index (χ1n) is 13.1. The van der Waals surface area contributed by atoms with Crippen molar-refractivity contribution in [1.82, 2.24) is 10.2 Å². The highest BCUT2D eigenvalue weighted by Crippen LogP contribution is 2.42. The standard InChI is InChI=1S/C28H37N3O7/c1-3-36-25(33)16-29-28(34)30-23-10-8-22(9-11-23)27-37-24(17-31-12-14-35-15-13-31)19(2)26(38-27)21-6-4-20(18-32)5-7-21/h4-11,19,24,26-27,32H,3,12-18H2,1-2H3,(H2,29,30,34)/t19-,24+,26+,27+/m0/s1. The Kier molecular flexibility index (Phi) is 10.1. The number of hydrogen-bond acceptors (Lipinski definition) is 8. The first kappa shape index (κ1) is 28.0. The molecule has 4 rings (SSSR count). The zero-order chi connectivity index (χ0) is 26.9. The van der Waals surface area contributed by atoms with E-state index in [0.29, 0.717) is 5.69 Å². The summed E-state index contributed by atoms with van der Waals surface area (Å²) in [6, 6.07) is 14.6. The van der Waals surface area contributed by atoms with Crippen LogP contribution in [0.2, 0.25) is 0 Å². The number of urea groups is 1. The van der Waals surface area contributed by atoms with Gasteiger partial charge in [0.1, 0.15) is 6.54 Å². The summed E-state index contributed by atoms with van der Waals surface area (Å²) in [5.74, 6) is -0.399. The highest BCUT2D eigenvalue weighted by molar-refractivity contribution is 5.91. The fourth-order valence-electron chi connectivity index (χ4n) is 4.63. The summed E-state index contributed by atoms with van der Waals surface area (Å²) in [6.45, 7) is 7.85. The summed E-state index contributed by atoms with van der Waals surface area (Å²) in [5.41, 5.74) is 3.29. The van der Waals surface area contributed by atoms with Gasteiger partial charge in [-0.3, -0.25) is 9.69 Å². The minimum atomic E-state index is -0.591. The SMILES string of the molecule is CCOC(=O)CNC(=O)Nc1ccc([C@@H]2O[C@H](CN3CCOCC3)[C@H](C)[C@H](c3ccc(CO)cc3)O2)cc1. The van der Waals surface area contributed by atoms with Crippen molar-refractivity contribution in [3.63, 3.8) is 0 Å². The molecular weight excluding hydrogens is 490 g/mol. The molecule has 0 unspecified atom stereocenters. The second-order valence-corrected chi connectivity index (χ2v) is 9.47. The predicted molar refractivity (Wildman–Crippen MR) is 140 cm³/mol. The van der Waals surface area contributed by atoms with Crippen molar-refractivity contribution < 1.29 is 33.6 Å². The average molecular weight is 528 g/mol. The molecule has 2 heterocycles. The molecule has 10 nitrogen and oxygen atoms in total. The fourth-order valence-corrected chi connectivity index (χ4v) is 4.63. The van der Waals surface area contributed by atoms with Gasteiger partial charge in [-0.05, 0) is 30.2 Å². The molecule has 4 atom stereocenters. The molecule has 2 saturated heterocycles. The summed E-state index contributed by atoms with van der Waals surface area (Å²) in [6.07, 6.45) is -0.855. The Balaban J connectivity index is 1.45. The minimum Gasteiger partial charge on any atom is -0.465 e. The number of rotatable bonds is 9. The van der Waals surface area contributed by atoms with Crippen LogP contribution in [0.25, 0.3) is 0 Å². The van der Waals surface area contributed by atoms with E-state index in [-0.39, 0.29) is 37.9 Å². The quantitative estimate of drug-likeness (QED) is 0.426. The van der Waals surface area contributed by atoms with Gasteiger partial charge in [-0.25, -0.2) is 4.79 Å². The molecule has 0 aromatic heterocycles. The van der Waals surface area contributed by atoms with Crippen LogP contribution in [-0.4, -0.2) is 74.1 Å². The van der Waals surface area contributed by atoms with E-state index in [1.54, 1.807) is 19.1 Å². The van der Waals surface area contributed by atoms with Gasteiger partial charge in [-0.2, -0.15) is 0 Å². The van der Waals surface area contributed by atoms with Crippen LogP contribution >= 0.6 is 0 Å². The number of amides is 2. The summed E-state index contributed by atoms with van der Waals surface area (Å²) >= 11 is 0. The second kappa shape index (κ2) is 13.7. The Hall–Kier alpha value is -3.02. The van der Waals surface area contributed by atoms with Gasteiger partial charge in [0, 0.05) is 36.8 Å². The van der Waals surface area contributed by atoms with Crippen molar-refractivity contribution in [2.24, 2.45) is 5.92 Å². The highest BCUT2D eigenvalue weighted by atomic mass is 16.7. The number of hydrogen-bond donors (Lipinski definition) is 3. The number of aliphatic hydroxyl groups is 1. The van der Waals surface area contributed by atoms with E-state index < -0.39 is 18.3 Å². The Morgan fingerprint density at radius 3 is 2.37 bits per heavy atom. The summed E-state index contributed by atoms with van der Waals surface area (Å²) in [5, 5.41) is 14.6. The Morgan fingerprint density at radius 1 is 1.03 bits per heavy atom. The minimum absolute atomic E-state index is 0.00597. The van der Waals surface area contributed by atoms with Gasteiger partial charge < -0.3 is 34.7 Å². The number of esters is 1. The zero-order valence-electron chi connectivity index (χ0n) is 21.9. The zero-order valence-corrected chi connectivity index (χ0v) is 21.9. The second-order valence-electron chi connectivity index (χ2n) is 9.47. The number of nitrogens with one attached hydrogen (secondary N) is 2. The molecule has 206 valence electrons. The molecule has 0 spiro atoms. The third kappa shape index (κ3) is 7.52. The number of aliphatic hydroxyl groups excluding tert-OH is 1. The summed E-state index contributed by atoms with van der Waals surface area (Å²) in [4.78, 5) is 25.9. The normalized spacial score (nSPS) is 24.0. The number of ether oxygens (including phenoxy) is 4. The van der Waals surface area contributed by atoms with Crippen LogP contribution in [0.1, 0.15) is 42.9 Å². The van der Waals surface area contributed by atoms with Crippen molar-refractivity contribution in [2.45, 2.75) is 39.0 Å². The molecular formula is C28H37N3O7. The van der Waals surface area contributed by atoms with E-state index in [0.717, 1.165) is 49.5 Å². The third-order valence-electron chi connectivity index (χ3n) is 6.80. The van der Waals surface area contributed by atoms with Crippen LogP contribution in [0, 0.1) is 5.92 Å². The maximum absolute atomic E-state index is 12.1. The van der Waals surface area contributed by atoms with Crippen LogP contribution in [-0.2, 0) is 30.3 Å². The van der Waals surface area contributed by atoms with Crippen LogP contribution < -0.4 is 10.6 Å². The van der Waals surface area contributed by atoms with E-state index >= 15 is 0 Å². The molecule has 2 amide bonds. The molecule has 2 aliphatic rings. The molecule has 10 heteroatoms. The maximum Gasteiger partial charge on any atom is 0.325 e. The number of nitrogens with zero attached hydrogens (tertiary/aromatic N) is 1. The first-order valence-corrected chi connectivity index (χ1v) is 13.1. The molecule has 2 fully saturated rings. The fraction of sp³-hybridized carbons (Fsp3) is 0.500. The van der Waals surface area contributed by atoms with Gasteiger partial charge in [0.25, 0.3) is 0 Å². The van der Waals surface area contributed by atoms with Crippen molar-refractivity contribution in [3.05, 3.63) is 65.2 Å². The van der Waals surface area contributed by atoms with Crippen molar-refractivity contribution in [1.29, 1.82) is 0 Å². The Labute approximate surface area is 223 Å². The monoisotopic (exact) mass is 527 g/mol. The van der Waals surface area contributed by atoms with E-state index in [9.17, 15) is 14.7 Å². The lowest BCUT2D eigenvalue weighted by Gasteiger charge is -2.43. The predicted octanol–water partition coefficient (Wildman–Crippen LogP) is 2.99. The van der Waals surface area contributed by atoms with Crippen LogP contribution in [0.4, 0.5) is 10.5 Å². The smallest absolute Gasteiger partial charge is 0.325 e. The number of carbonyl (C=O) groups is 2. The topological polar surface area (TPSA) is 119 Å². The van der Waals surface area contributed by atoms with Crippen molar-refractivity contribution in [3.8, 4) is 0 Å². The molecule has 0 aliphatic carbocycles. The number of morpholine rings is 1. The maximum atomic E-state index is 12.1. The Bertz CT molecular complexity index is 1040. The molecule has 0 radical (unpaired) electrons. The molecule has 38 heavy (non-hydrogen) atoms. The van der Waals surface area contributed by atoms with Gasteiger partial charge in [0.05, 0.1) is 38.6 Å². The van der Waals surface area contributed by atoms with Gasteiger partial charge in [-0.1, -0.05) is 43.3 Å². The number of carbonyl (C=O) groups excluding carboxylic acids is 2. The average Bonchev–Trinajstić information content (AvgIpc) is 2.94. The number of benzene rings is 2. The Morgan fingerprint density at radius 2 is 1.71 bits per heavy atom. The summed E-state index contributed by atoms with van der Waals surface area (Å²) in [7, 11) is 0. The summed E-state index contributed by atoms with van der Waals surface area (Å²) < 4.78 is 23.3. The van der Waals surface area contributed by atoms with E-state index in [2.05, 4.69) is 22.5 Å². The van der Waals surface area contributed by atoms with Crippen molar-refractivity contribution in [2.75, 3.05) is 51.3 Å². The van der Waals surface area contributed by atoms with Gasteiger partial charge >= 0.3 is 12.0 Å². The largest absolute Gasteiger partial charge is 0.465 e. The lowest BCUT2D eigenvalue weighted by atomic mass is 9.90. The molecule has 3 N–H and O–H groups in total. The highest BCUT2D eigenvalue weighted by Gasteiger charge is 2.39. The third-order valence-corrected chi connectivity index (χ3v) is 6.80. The van der Waals surface area contributed by atoms with E-state index in [4.69, 9.17) is 18.9 Å². The first-order chi connectivity index (χ1) is 18.5. The van der Waals surface area contributed by atoms with Gasteiger partial charge in [0.15, 0.2) is 6.29 Å². The van der Waals surface area contributed by atoms with E-state index in [1.807, 2.05) is 36.4 Å². The number of anilines is 1. The molecule has 2 aromatic rings. The molecule has 2 aromatic carbocycles. The lowest BCUT2D eigenvalue weighted by Crippen LogP contribution is -2.47.